The van der Waals surface area contributed by atoms with Gasteiger partial charge in [0.2, 0.25) is 0 Å². The lowest BCUT2D eigenvalue weighted by Crippen LogP contribution is -2.33. The van der Waals surface area contributed by atoms with Crippen molar-refractivity contribution in [3.8, 4) is 22.3 Å². The van der Waals surface area contributed by atoms with Gasteiger partial charge in [-0.1, -0.05) is 78.9 Å². The van der Waals surface area contributed by atoms with Crippen LogP contribution in [0.5, 0.6) is 0 Å². The van der Waals surface area contributed by atoms with Gasteiger partial charge in [-0.05, 0) is 39.1 Å². The summed E-state index contributed by atoms with van der Waals surface area (Å²) in [6.45, 7) is 0. The molecule has 0 radical (unpaired) electrons. The Morgan fingerprint density at radius 2 is 1.24 bits per heavy atom. The average Bonchev–Trinajstić information content (AvgIpc) is 2.78. The van der Waals surface area contributed by atoms with Gasteiger partial charge in [0.05, 0.1) is 11.1 Å². The molecule has 0 fully saturated rings. The molecule has 29 heavy (non-hydrogen) atoms. The van der Waals surface area contributed by atoms with Crippen LogP contribution in [0, 0.1) is 0 Å². The van der Waals surface area contributed by atoms with Gasteiger partial charge < -0.3 is 10.0 Å². The Hall–Kier alpha value is -3.54. The SMILES string of the molecule is OB(O)c1ncnc2cc(-c3ccc(-c4ccccc4)c4ccccc34)ccc12. The van der Waals surface area contributed by atoms with Crippen LogP contribution in [0.15, 0.2) is 91.3 Å². The van der Waals surface area contributed by atoms with E-state index in [2.05, 4.69) is 52.4 Å². The third-order valence-electron chi connectivity index (χ3n) is 5.23. The molecule has 138 valence electrons. The summed E-state index contributed by atoms with van der Waals surface area (Å²) in [4.78, 5) is 8.32. The lowest BCUT2D eigenvalue weighted by Gasteiger charge is -2.13. The fourth-order valence-electron chi connectivity index (χ4n) is 3.87. The second-order valence-electron chi connectivity index (χ2n) is 6.94. The summed E-state index contributed by atoms with van der Waals surface area (Å²) in [5, 5.41) is 22.1. The maximum atomic E-state index is 9.55. The molecule has 5 heteroatoms. The zero-order valence-electron chi connectivity index (χ0n) is 15.5. The summed E-state index contributed by atoms with van der Waals surface area (Å²) >= 11 is 0. The Morgan fingerprint density at radius 3 is 1.93 bits per heavy atom. The lowest BCUT2D eigenvalue weighted by atomic mass is 9.82. The summed E-state index contributed by atoms with van der Waals surface area (Å²) < 4.78 is 0. The first-order valence-corrected chi connectivity index (χ1v) is 9.41. The van der Waals surface area contributed by atoms with Crippen LogP contribution in [-0.4, -0.2) is 27.1 Å². The molecule has 0 spiro atoms. The summed E-state index contributed by atoms with van der Waals surface area (Å²) in [6, 6.07) is 28.8. The fourth-order valence-corrected chi connectivity index (χ4v) is 3.87. The average molecular weight is 376 g/mol. The molecule has 0 saturated heterocycles. The second-order valence-corrected chi connectivity index (χ2v) is 6.94. The van der Waals surface area contributed by atoms with Crippen molar-refractivity contribution < 1.29 is 10.0 Å². The van der Waals surface area contributed by atoms with Crippen LogP contribution in [-0.2, 0) is 0 Å². The van der Waals surface area contributed by atoms with Crippen molar-refractivity contribution in [1.29, 1.82) is 0 Å². The van der Waals surface area contributed by atoms with Crippen LogP contribution in [0.2, 0.25) is 0 Å². The maximum Gasteiger partial charge on any atom is 0.508 e. The molecule has 0 aliphatic rings. The number of fused-ring (bicyclic) bond motifs is 2. The number of hydrogen-bond acceptors (Lipinski definition) is 4. The highest BCUT2D eigenvalue weighted by Crippen LogP contribution is 2.36. The standard InChI is InChI=1S/C24H17BN2O2/c28-25(29)24-22-11-10-17(14-23(22)26-15-27-24)19-13-12-18(16-6-2-1-3-7-16)20-8-4-5-9-21(19)20/h1-15,28-29H. The van der Waals surface area contributed by atoms with Crippen LogP contribution in [0.4, 0.5) is 0 Å². The van der Waals surface area contributed by atoms with E-state index in [0.29, 0.717) is 10.9 Å². The van der Waals surface area contributed by atoms with Gasteiger partial charge in [-0.15, -0.1) is 0 Å². The van der Waals surface area contributed by atoms with Crippen LogP contribution in [0.3, 0.4) is 0 Å². The van der Waals surface area contributed by atoms with E-state index in [1.807, 2.05) is 42.5 Å². The monoisotopic (exact) mass is 376 g/mol. The Kier molecular flexibility index (Phi) is 4.32. The Balaban J connectivity index is 1.72. The number of nitrogens with zero attached hydrogens (tertiary/aromatic N) is 2. The zero-order chi connectivity index (χ0) is 19.8. The smallest absolute Gasteiger partial charge is 0.422 e. The fraction of sp³-hybridized carbons (Fsp3) is 0. The maximum absolute atomic E-state index is 9.55. The van der Waals surface area contributed by atoms with Crippen molar-refractivity contribution >= 4 is 34.4 Å². The Morgan fingerprint density at radius 1 is 0.586 bits per heavy atom. The van der Waals surface area contributed by atoms with Crippen LogP contribution >= 0.6 is 0 Å². The second kappa shape index (κ2) is 7.13. The molecule has 0 amide bonds. The third-order valence-corrected chi connectivity index (χ3v) is 5.23. The minimum absolute atomic E-state index is 0.214. The number of benzene rings is 4. The van der Waals surface area contributed by atoms with E-state index in [9.17, 15) is 10.0 Å². The minimum atomic E-state index is -1.63. The quantitative estimate of drug-likeness (QED) is 0.470. The van der Waals surface area contributed by atoms with Crippen LogP contribution < -0.4 is 5.59 Å². The van der Waals surface area contributed by atoms with E-state index in [-0.39, 0.29) is 5.59 Å². The lowest BCUT2D eigenvalue weighted by molar-refractivity contribution is 0.424. The Bertz CT molecular complexity index is 1340. The van der Waals surface area contributed by atoms with Crippen LogP contribution in [0.1, 0.15) is 0 Å². The van der Waals surface area contributed by atoms with E-state index in [1.54, 1.807) is 0 Å². The molecule has 4 nitrogen and oxygen atoms in total. The summed E-state index contributed by atoms with van der Waals surface area (Å²) in [5.41, 5.74) is 5.39. The van der Waals surface area contributed by atoms with Crippen molar-refractivity contribution in [3.05, 3.63) is 91.3 Å². The molecule has 5 rings (SSSR count). The molecule has 1 aromatic heterocycles. The summed E-state index contributed by atoms with van der Waals surface area (Å²) in [7, 11) is -1.63. The van der Waals surface area contributed by atoms with E-state index in [0.717, 1.165) is 16.5 Å². The van der Waals surface area contributed by atoms with Gasteiger partial charge in [0.15, 0.2) is 0 Å². The van der Waals surface area contributed by atoms with Gasteiger partial charge in [-0.3, -0.25) is 0 Å². The highest BCUT2D eigenvalue weighted by Gasteiger charge is 2.17. The van der Waals surface area contributed by atoms with Gasteiger partial charge in [0.1, 0.15) is 6.33 Å². The van der Waals surface area contributed by atoms with Crippen molar-refractivity contribution in [2.45, 2.75) is 0 Å². The molecule has 0 bridgehead atoms. The molecule has 1 heterocycles. The summed E-state index contributed by atoms with van der Waals surface area (Å²) in [6.07, 6.45) is 1.36. The molecule has 2 N–H and O–H groups in total. The highest BCUT2D eigenvalue weighted by atomic mass is 16.4. The number of hydrogen-bond donors (Lipinski definition) is 2. The van der Waals surface area contributed by atoms with E-state index in [1.165, 1.54) is 22.8 Å². The molecule has 4 aromatic carbocycles. The molecule has 5 aromatic rings. The highest BCUT2D eigenvalue weighted by molar-refractivity contribution is 6.60. The van der Waals surface area contributed by atoms with E-state index >= 15 is 0 Å². The van der Waals surface area contributed by atoms with E-state index in [4.69, 9.17) is 0 Å². The van der Waals surface area contributed by atoms with Crippen LogP contribution in [0.25, 0.3) is 43.9 Å². The predicted molar refractivity (Wildman–Crippen MR) is 118 cm³/mol. The first-order chi connectivity index (χ1) is 14.2. The first-order valence-electron chi connectivity index (χ1n) is 9.41. The van der Waals surface area contributed by atoms with Crippen molar-refractivity contribution in [3.63, 3.8) is 0 Å². The Labute approximate surface area is 168 Å². The predicted octanol–water partition coefficient (Wildman–Crippen LogP) is 3.80. The largest absolute Gasteiger partial charge is 0.508 e. The van der Waals surface area contributed by atoms with Gasteiger partial charge in [-0.25, -0.2) is 9.97 Å². The van der Waals surface area contributed by atoms with E-state index < -0.39 is 7.12 Å². The topological polar surface area (TPSA) is 66.2 Å². The third kappa shape index (κ3) is 3.07. The van der Waals surface area contributed by atoms with Gasteiger partial charge in [0.25, 0.3) is 0 Å². The molecule has 0 unspecified atom stereocenters. The molecular weight excluding hydrogens is 359 g/mol. The molecule has 0 aliphatic heterocycles. The molecule has 0 atom stereocenters. The number of aromatic nitrogens is 2. The summed E-state index contributed by atoms with van der Waals surface area (Å²) in [5.74, 6) is 0. The normalized spacial score (nSPS) is 11.1. The zero-order valence-corrected chi connectivity index (χ0v) is 15.5. The van der Waals surface area contributed by atoms with Gasteiger partial charge in [-0.2, -0.15) is 0 Å². The molecule has 0 aliphatic carbocycles. The molecule has 0 saturated carbocycles. The molecular formula is C24H17BN2O2. The van der Waals surface area contributed by atoms with Gasteiger partial charge in [0, 0.05) is 5.39 Å². The van der Waals surface area contributed by atoms with Crippen molar-refractivity contribution in [2.24, 2.45) is 0 Å². The van der Waals surface area contributed by atoms with Crippen molar-refractivity contribution in [1.82, 2.24) is 9.97 Å². The number of rotatable bonds is 3. The minimum Gasteiger partial charge on any atom is -0.422 e. The van der Waals surface area contributed by atoms with Gasteiger partial charge >= 0.3 is 7.12 Å². The van der Waals surface area contributed by atoms with Crippen molar-refractivity contribution in [2.75, 3.05) is 0 Å². The first kappa shape index (κ1) is 17.6.